The van der Waals surface area contributed by atoms with Gasteiger partial charge in [-0.25, -0.2) is 0 Å². The fourth-order valence-electron chi connectivity index (χ4n) is 4.03. The molecule has 2 aliphatic heterocycles. The van der Waals surface area contributed by atoms with Gasteiger partial charge in [-0.1, -0.05) is 6.08 Å². The standard InChI is InChI=1S/C23H34O12/c1-5-6-11-7-12(30-3)20(13(8-11)31-4)34-23-21(18(28)16(26)14(9-24)33-23)35-22-19(29)17(27)15(25)10(2)32-22/h5,7-8,10,14-19,21-29H,1,6,9H2,2-4H3. The predicted octanol–water partition coefficient (Wildman–Crippen LogP) is -1.54. The summed E-state index contributed by atoms with van der Waals surface area (Å²) in [4.78, 5) is 0. The Morgan fingerprint density at radius 1 is 0.886 bits per heavy atom. The molecule has 0 aromatic heterocycles. The molecule has 2 aliphatic rings. The van der Waals surface area contributed by atoms with Crippen molar-refractivity contribution in [2.45, 2.75) is 74.8 Å². The molecule has 2 saturated heterocycles. The van der Waals surface area contributed by atoms with Gasteiger partial charge >= 0.3 is 0 Å². The lowest BCUT2D eigenvalue weighted by Gasteiger charge is -2.45. The molecular formula is C23H34O12. The van der Waals surface area contributed by atoms with E-state index in [9.17, 15) is 30.6 Å². The lowest BCUT2D eigenvalue weighted by Crippen LogP contribution is -2.64. The van der Waals surface area contributed by atoms with Gasteiger partial charge in [-0.15, -0.1) is 6.58 Å². The van der Waals surface area contributed by atoms with E-state index in [-0.39, 0.29) is 17.2 Å². The molecule has 3 rings (SSSR count). The van der Waals surface area contributed by atoms with Gasteiger partial charge in [0.05, 0.1) is 26.9 Å². The zero-order valence-corrected chi connectivity index (χ0v) is 19.8. The van der Waals surface area contributed by atoms with Gasteiger partial charge in [-0.3, -0.25) is 0 Å². The molecule has 0 bridgehead atoms. The summed E-state index contributed by atoms with van der Waals surface area (Å²) in [5.41, 5.74) is 0.822. The van der Waals surface area contributed by atoms with Gasteiger partial charge in [0.2, 0.25) is 12.0 Å². The van der Waals surface area contributed by atoms with Crippen LogP contribution < -0.4 is 14.2 Å². The zero-order chi connectivity index (χ0) is 25.9. The summed E-state index contributed by atoms with van der Waals surface area (Å²) in [5, 5.41) is 61.2. The summed E-state index contributed by atoms with van der Waals surface area (Å²) in [7, 11) is 2.84. The number of hydrogen-bond donors (Lipinski definition) is 6. The Hall–Kier alpha value is -2.00. The fraction of sp³-hybridized carbons (Fsp3) is 0.652. The first-order valence-electron chi connectivity index (χ1n) is 11.2. The van der Waals surface area contributed by atoms with Crippen LogP contribution in [0.3, 0.4) is 0 Å². The Labute approximate surface area is 202 Å². The quantitative estimate of drug-likeness (QED) is 0.215. The Bertz CT molecular complexity index is 825. The van der Waals surface area contributed by atoms with Crippen molar-refractivity contribution in [3.05, 3.63) is 30.4 Å². The third-order valence-corrected chi connectivity index (χ3v) is 6.06. The first-order chi connectivity index (χ1) is 16.7. The molecule has 2 heterocycles. The number of aliphatic hydroxyl groups excluding tert-OH is 6. The van der Waals surface area contributed by atoms with Gasteiger partial charge in [-0.05, 0) is 31.0 Å². The number of allylic oxidation sites excluding steroid dienone is 1. The van der Waals surface area contributed by atoms with E-state index in [2.05, 4.69) is 6.58 Å². The fourth-order valence-corrected chi connectivity index (χ4v) is 4.03. The highest BCUT2D eigenvalue weighted by Gasteiger charge is 2.51. The maximum absolute atomic E-state index is 10.8. The normalized spacial score (nSPS) is 37.5. The summed E-state index contributed by atoms with van der Waals surface area (Å²) >= 11 is 0. The summed E-state index contributed by atoms with van der Waals surface area (Å²) in [6, 6.07) is 3.39. The van der Waals surface area contributed by atoms with Crippen molar-refractivity contribution in [2.75, 3.05) is 20.8 Å². The number of methoxy groups -OCH3 is 2. The van der Waals surface area contributed by atoms with Crippen LogP contribution in [0.5, 0.6) is 17.2 Å². The monoisotopic (exact) mass is 502 g/mol. The molecule has 1 aromatic carbocycles. The molecule has 0 aliphatic carbocycles. The zero-order valence-electron chi connectivity index (χ0n) is 19.8. The van der Waals surface area contributed by atoms with E-state index in [0.29, 0.717) is 6.42 Å². The van der Waals surface area contributed by atoms with Gasteiger partial charge in [0, 0.05) is 0 Å². The molecule has 35 heavy (non-hydrogen) atoms. The number of ether oxygens (including phenoxy) is 6. The molecule has 12 nitrogen and oxygen atoms in total. The number of hydrogen-bond acceptors (Lipinski definition) is 12. The Morgan fingerprint density at radius 2 is 1.51 bits per heavy atom. The van der Waals surface area contributed by atoms with E-state index in [0.717, 1.165) is 5.56 Å². The second-order valence-corrected chi connectivity index (χ2v) is 8.43. The average molecular weight is 503 g/mol. The van der Waals surface area contributed by atoms with Crippen molar-refractivity contribution >= 4 is 0 Å². The third kappa shape index (κ3) is 5.71. The molecule has 12 heteroatoms. The third-order valence-electron chi connectivity index (χ3n) is 6.06. The molecular weight excluding hydrogens is 468 g/mol. The second kappa shape index (κ2) is 11.8. The Kier molecular flexibility index (Phi) is 9.32. The summed E-state index contributed by atoms with van der Waals surface area (Å²) < 4.78 is 33.7. The molecule has 1 aromatic rings. The molecule has 0 radical (unpaired) electrons. The van der Waals surface area contributed by atoms with Gasteiger partial charge in [0.15, 0.2) is 23.9 Å². The van der Waals surface area contributed by atoms with Crippen molar-refractivity contribution < 1.29 is 59.1 Å². The van der Waals surface area contributed by atoms with E-state index in [1.165, 1.54) is 21.1 Å². The maximum Gasteiger partial charge on any atom is 0.230 e. The highest BCUT2D eigenvalue weighted by molar-refractivity contribution is 5.54. The summed E-state index contributed by atoms with van der Waals surface area (Å²) in [6.07, 6.45) is -12.2. The van der Waals surface area contributed by atoms with Gasteiger partial charge in [0.1, 0.15) is 36.6 Å². The van der Waals surface area contributed by atoms with Crippen LogP contribution in [0.15, 0.2) is 24.8 Å². The SMILES string of the molecule is C=CCc1cc(OC)c(OC2OC(CO)C(O)C(O)C2OC2OC(C)C(O)C(O)C2O)c(OC)c1. The van der Waals surface area contributed by atoms with Crippen LogP contribution >= 0.6 is 0 Å². The van der Waals surface area contributed by atoms with Crippen molar-refractivity contribution in [1.29, 1.82) is 0 Å². The van der Waals surface area contributed by atoms with Crippen molar-refractivity contribution in [1.82, 2.24) is 0 Å². The van der Waals surface area contributed by atoms with Crippen LogP contribution in [0.1, 0.15) is 12.5 Å². The Balaban J connectivity index is 1.94. The minimum atomic E-state index is -1.68. The van der Waals surface area contributed by atoms with Gasteiger partial charge in [0.25, 0.3) is 0 Å². The van der Waals surface area contributed by atoms with Crippen LogP contribution in [0.25, 0.3) is 0 Å². The van der Waals surface area contributed by atoms with Crippen LogP contribution in [-0.2, 0) is 20.6 Å². The molecule has 198 valence electrons. The number of rotatable bonds is 9. The van der Waals surface area contributed by atoms with E-state index >= 15 is 0 Å². The average Bonchev–Trinajstić information content (AvgIpc) is 2.85. The first-order valence-corrected chi connectivity index (χ1v) is 11.2. The smallest absolute Gasteiger partial charge is 0.230 e. The predicted molar refractivity (Wildman–Crippen MR) is 119 cm³/mol. The first kappa shape index (κ1) is 27.6. The van der Waals surface area contributed by atoms with Crippen LogP contribution in [-0.4, -0.2) is 113 Å². The highest BCUT2D eigenvalue weighted by atomic mass is 16.8. The minimum Gasteiger partial charge on any atom is -0.493 e. The van der Waals surface area contributed by atoms with E-state index in [4.69, 9.17) is 28.4 Å². The summed E-state index contributed by atoms with van der Waals surface area (Å²) in [6.45, 7) is 4.54. The second-order valence-electron chi connectivity index (χ2n) is 8.43. The van der Waals surface area contributed by atoms with Crippen molar-refractivity contribution in [3.8, 4) is 17.2 Å². The lowest BCUT2D eigenvalue weighted by atomic mass is 9.97. The van der Waals surface area contributed by atoms with E-state index in [1.54, 1.807) is 18.2 Å². The molecule has 10 unspecified atom stereocenters. The maximum atomic E-state index is 10.8. The van der Waals surface area contributed by atoms with Gasteiger partial charge in [-0.2, -0.15) is 0 Å². The largest absolute Gasteiger partial charge is 0.493 e. The highest BCUT2D eigenvalue weighted by Crippen LogP contribution is 2.41. The molecule has 10 atom stereocenters. The van der Waals surface area contributed by atoms with Crippen molar-refractivity contribution in [3.63, 3.8) is 0 Å². The van der Waals surface area contributed by atoms with Crippen LogP contribution in [0.2, 0.25) is 0 Å². The lowest BCUT2D eigenvalue weighted by molar-refractivity contribution is -0.354. The molecule has 0 amide bonds. The molecule has 6 N–H and O–H groups in total. The molecule has 0 saturated carbocycles. The van der Waals surface area contributed by atoms with Crippen LogP contribution in [0.4, 0.5) is 0 Å². The van der Waals surface area contributed by atoms with Gasteiger partial charge < -0.3 is 59.1 Å². The van der Waals surface area contributed by atoms with Crippen LogP contribution in [0, 0.1) is 0 Å². The molecule has 2 fully saturated rings. The minimum absolute atomic E-state index is 0.0932. The molecule has 0 spiro atoms. The van der Waals surface area contributed by atoms with Crippen molar-refractivity contribution in [2.24, 2.45) is 0 Å². The van der Waals surface area contributed by atoms with E-state index < -0.39 is 68.0 Å². The Morgan fingerprint density at radius 3 is 2.06 bits per heavy atom. The summed E-state index contributed by atoms with van der Waals surface area (Å²) in [5.74, 6) is 0.632. The number of benzene rings is 1. The van der Waals surface area contributed by atoms with E-state index in [1.807, 2.05) is 0 Å². The topological polar surface area (TPSA) is 177 Å². The number of aliphatic hydroxyl groups is 6.